The Balaban J connectivity index is 1.55. The summed E-state index contributed by atoms with van der Waals surface area (Å²) in [6, 6.07) is 19.6. The SMILES string of the molecule is NS(=O)(=O)c1c(F)cccc1NS(=O)(=O)C=Cc1ccc(-c2cc3ccccc3o2)cc1. The molecule has 0 spiro atoms. The van der Waals surface area contributed by atoms with Gasteiger partial charge in [-0.1, -0.05) is 48.5 Å². The standard InChI is InChI=1S/C22H17FN2O5S2/c23-18-5-3-6-19(22(18)32(24,28)29)25-31(26,27)13-12-15-8-10-16(11-9-15)21-14-17-4-1-2-7-20(17)30-21/h1-14,25H,(H2,24,28,29). The lowest BCUT2D eigenvalue weighted by Gasteiger charge is -2.10. The monoisotopic (exact) mass is 472 g/mol. The van der Waals surface area contributed by atoms with E-state index in [9.17, 15) is 21.2 Å². The second-order valence-corrected chi connectivity index (χ2v) is 9.95. The van der Waals surface area contributed by atoms with Crippen molar-refractivity contribution < 1.29 is 25.6 Å². The van der Waals surface area contributed by atoms with Crippen molar-refractivity contribution in [3.8, 4) is 11.3 Å². The highest BCUT2D eigenvalue weighted by Crippen LogP contribution is 2.28. The molecule has 1 heterocycles. The van der Waals surface area contributed by atoms with Gasteiger partial charge >= 0.3 is 0 Å². The van der Waals surface area contributed by atoms with Gasteiger partial charge in [0.1, 0.15) is 22.1 Å². The lowest BCUT2D eigenvalue weighted by Crippen LogP contribution is -2.19. The van der Waals surface area contributed by atoms with Gasteiger partial charge in [0.25, 0.3) is 10.0 Å². The maximum atomic E-state index is 13.9. The van der Waals surface area contributed by atoms with E-state index in [-0.39, 0.29) is 0 Å². The van der Waals surface area contributed by atoms with Gasteiger partial charge in [-0.15, -0.1) is 0 Å². The van der Waals surface area contributed by atoms with E-state index in [2.05, 4.69) is 0 Å². The summed E-state index contributed by atoms with van der Waals surface area (Å²) in [5.41, 5.74) is 1.68. The Labute approximate surface area is 184 Å². The Hall–Kier alpha value is -3.47. The van der Waals surface area contributed by atoms with Crippen LogP contribution in [0.5, 0.6) is 0 Å². The van der Waals surface area contributed by atoms with E-state index < -0.39 is 36.4 Å². The van der Waals surface area contributed by atoms with Crippen LogP contribution in [0.15, 0.2) is 87.5 Å². The first-order valence-electron chi connectivity index (χ1n) is 9.24. The maximum Gasteiger partial charge on any atom is 0.255 e. The zero-order valence-electron chi connectivity index (χ0n) is 16.4. The minimum Gasteiger partial charge on any atom is -0.456 e. The summed E-state index contributed by atoms with van der Waals surface area (Å²) in [7, 11) is -8.63. The van der Waals surface area contributed by atoms with Crippen LogP contribution >= 0.6 is 0 Å². The van der Waals surface area contributed by atoms with Crippen LogP contribution in [0, 0.1) is 5.82 Å². The second kappa shape index (κ2) is 8.23. The van der Waals surface area contributed by atoms with Crippen LogP contribution in [0.25, 0.3) is 28.4 Å². The Bertz CT molecular complexity index is 1510. The molecule has 0 aliphatic carbocycles. The lowest BCUT2D eigenvalue weighted by atomic mass is 10.1. The van der Waals surface area contributed by atoms with Gasteiger partial charge in [0.05, 0.1) is 11.1 Å². The molecule has 1 aromatic heterocycles. The van der Waals surface area contributed by atoms with Crippen LogP contribution in [0.4, 0.5) is 10.1 Å². The van der Waals surface area contributed by atoms with Gasteiger partial charge < -0.3 is 4.42 Å². The van der Waals surface area contributed by atoms with E-state index >= 15 is 0 Å². The molecule has 0 atom stereocenters. The number of hydrogen-bond donors (Lipinski definition) is 2. The number of halogens is 1. The number of nitrogens with one attached hydrogen (secondary N) is 1. The molecular formula is C22H17FN2O5S2. The molecule has 0 unspecified atom stereocenters. The highest BCUT2D eigenvalue weighted by Gasteiger charge is 2.21. The van der Waals surface area contributed by atoms with E-state index in [1.54, 1.807) is 24.3 Å². The number of para-hydroxylation sites is 1. The van der Waals surface area contributed by atoms with E-state index in [0.717, 1.165) is 34.1 Å². The van der Waals surface area contributed by atoms with Crippen molar-refractivity contribution >= 4 is 42.8 Å². The molecule has 0 saturated heterocycles. The number of primary sulfonamides is 1. The van der Waals surface area contributed by atoms with E-state index in [0.29, 0.717) is 11.3 Å². The first-order valence-corrected chi connectivity index (χ1v) is 12.3. The molecule has 3 N–H and O–H groups in total. The number of fused-ring (bicyclic) bond motifs is 1. The molecule has 0 saturated carbocycles. The molecule has 7 nitrogen and oxygen atoms in total. The Morgan fingerprint density at radius 2 is 1.62 bits per heavy atom. The number of nitrogens with two attached hydrogens (primary N) is 1. The van der Waals surface area contributed by atoms with Gasteiger partial charge in [-0.05, 0) is 35.9 Å². The lowest BCUT2D eigenvalue weighted by molar-refractivity contribution is 0.569. The molecular weight excluding hydrogens is 455 g/mol. The van der Waals surface area contributed by atoms with Gasteiger partial charge in [-0.3, -0.25) is 4.72 Å². The Morgan fingerprint density at radius 1 is 0.906 bits per heavy atom. The van der Waals surface area contributed by atoms with E-state index in [1.807, 2.05) is 35.1 Å². The molecule has 0 bridgehead atoms. The van der Waals surface area contributed by atoms with Crippen LogP contribution in [0.2, 0.25) is 0 Å². The zero-order chi connectivity index (χ0) is 22.9. The van der Waals surface area contributed by atoms with Crippen molar-refractivity contribution in [2.45, 2.75) is 4.90 Å². The number of sulfonamides is 2. The van der Waals surface area contributed by atoms with Crippen molar-refractivity contribution in [2.75, 3.05) is 4.72 Å². The Morgan fingerprint density at radius 3 is 2.31 bits per heavy atom. The fraction of sp³-hybridized carbons (Fsp3) is 0. The topological polar surface area (TPSA) is 119 Å². The molecule has 0 aliphatic rings. The summed E-state index contributed by atoms with van der Waals surface area (Å²) >= 11 is 0. The Kier molecular flexibility index (Phi) is 5.59. The molecule has 4 aromatic rings. The quantitative estimate of drug-likeness (QED) is 0.434. The number of furan rings is 1. The smallest absolute Gasteiger partial charge is 0.255 e. The van der Waals surface area contributed by atoms with E-state index in [4.69, 9.17) is 9.56 Å². The number of rotatable bonds is 6. The van der Waals surface area contributed by atoms with Crippen molar-refractivity contribution in [3.63, 3.8) is 0 Å². The summed E-state index contributed by atoms with van der Waals surface area (Å²) in [5.74, 6) is -0.476. The second-order valence-electron chi connectivity index (χ2n) is 6.88. The fourth-order valence-corrected chi connectivity index (χ4v) is 4.83. The molecule has 32 heavy (non-hydrogen) atoms. The molecule has 0 radical (unpaired) electrons. The number of hydrogen-bond acceptors (Lipinski definition) is 5. The summed E-state index contributed by atoms with van der Waals surface area (Å²) < 4.78 is 69.7. The predicted octanol–water partition coefficient (Wildman–Crippen LogP) is 4.30. The van der Waals surface area contributed by atoms with Gasteiger partial charge in [-0.2, -0.15) is 0 Å². The van der Waals surface area contributed by atoms with E-state index in [1.165, 1.54) is 12.1 Å². The first-order chi connectivity index (χ1) is 15.1. The average Bonchev–Trinajstić information content (AvgIpc) is 3.16. The molecule has 0 fully saturated rings. The van der Waals surface area contributed by atoms with Crippen LogP contribution in [-0.2, 0) is 20.0 Å². The zero-order valence-corrected chi connectivity index (χ0v) is 18.0. The van der Waals surface area contributed by atoms with Gasteiger partial charge in [-0.25, -0.2) is 26.4 Å². The summed E-state index contributed by atoms with van der Waals surface area (Å²) in [5, 5.41) is 6.82. The highest BCUT2D eigenvalue weighted by atomic mass is 32.2. The van der Waals surface area contributed by atoms with Crippen LogP contribution in [-0.4, -0.2) is 16.8 Å². The predicted molar refractivity (Wildman–Crippen MR) is 121 cm³/mol. The summed E-state index contributed by atoms with van der Waals surface area (Å²) in [6.07, 6.45) is 1.32. The normalized spacial score (nSPS) is 12.4. The summed E-state index contributed by atoms with van der Waals surface area (Å²) in [6.45, 7) is 0. The van der Waals surface area contributed by atoms with Crippen LogP contribution in [0.3, 0.4) is 0 Å². The number of anilines is 1. The van der Waals surface area contributed by atoms with Crippen molar-refractivity contribution in [3.05, 3.63) is 89.6 Å². The van der Waals surface area contributed by atoms with Gasteiger partial charge in [0.2, 0.25) is 10.0 Å². The van der Waals surface area contributed by atoms with Crippen LogP contribution < -0.4 is 9.86 Å². The average molecular weight is 473 g/mol. The third-order valence-electron chi connectivity index (χ3n) is 4.56. The molecule has 0 aliphatic heterocycles. The minimum atomic E-state index is -4.48. The fourth-order valence-electron chi connectivity index (χ4n) is 3.12. The number of benzene rings is 3. The molecule has 4 rings (SSSR count). The van der Waals surface area contributed by atoms with Gasteiger partial charge in [0, 0.05) is 10.9 Å². The largest absolute Gasteiger partial charge is 0.456 e. The van der Waals surface area contributed by atoms with Crippen molar-refractivity contribution in [2.24, 2.45) is 5.14 Å². The van der Waals surface area contributed by atoms with Crippen LogP contribution in [0.1, 0.15) is 5.56 Å². The molecule has 3 aromatic carbocycles. The highest BCUT2D eigenvalue weighted by molar-refractivity contribution is 7.95. The summed E-state index contributed by atoms with van der Waals surface area (Å²) in [4.78, 5) is -0.924. The molecule has 164 valence electrons. The first kappa shape index (κ1) is 21.8. The minimum absolute atomic E-state index is 0.475. The molecule has 10 heteroatoms. The third-order valence-corrected chi connectivity index (χ3v) is 6.55. The third kappa shape index (κ3) is 4.72. The maximum absolute atomic E-state index is 13.9. The molecule has 0 amide bonds. The van der Waals surface area contributed by atoms with Gasteiger partial charge in [0.15, 0.2) is 0 Å². The van der Waals surface area contributed by atoms with Crippen molar-refractivity contribution in [1.82, 2.24) is 0 Å². The van der Waals surface area contributed by atoms with Crippen molar-refractivity contribution in [1.29, 1.82) is 0 Å².